The highest BCUT2D eigenvalue weighted by molar-refractivity contribution is 4.53. The molecule has 0 fully saturated rings. The summed E-state index contributed by atoms with van der Waals surface area (Å²) in [5, 5.41) is 9.38. The lowest BCUT2D eigenvalue weighted by Crippen LogP contribution is -2.03. The van der Waals surface area contributed by atoms with Crippen molar-refractivity contribution in [3.8, 4) is 0 Å². The summed E-state index contributed by atoms with van der Waals surface area (Å²) >= 11 is 0. The fourth-order valence-corrected chi connectivity index (χ4v) is 2.07. The van der Waals surface area contributed by atoms with Crippen LogP contribution in [0.3, 0.4) is 0 Å². The van der Waals surface area contributed by atoms with Crippen LogP contribution in [0.25, 0.3) is 0 Å². The van der Waals surface area contributed by atoms with Crippen LogP contribution in [0.5, 0.6) is 0 Å². The maximum atomic E-state index is 9.38. The Kier molecular flexibility index (Phi) is 13.0. The first-order valence-electron chi connectivity index (χ1n) is 7.49. The molecule has 1 atom stereocenters. The Morgan fingerprint density at radius 3 is 1.56 bits per heavy atom. The van der Waals surface area contributed by atoms with E-state index in [0.29, 0.717) is 0 Å². The van der Waals surface area contributed by atoms with E-state index in [-0.39, 0.29) is 6.10 Å². The number of hydrogen-bond acceptors (Lipinski definition) is 1. The van der Waals surface area contributed by atoms with Crippen molar-refractivity contribution in [2.45, 2.75) is 97.0 Å². The van der Waals surface area contributed by atoms with Crippen molar-refractivity contribution in [2.24, 2.45) is 0 Å². The van der Waals surface area contributed by atoms with Crippen LogP contribution in [0.2, 0.25) is 0 Å². The minimum absolute atomic E-state index is 0.0472. The SMILES string of the molecule is CCCCCCCCCCCCC(O)CC. The van der Waals surface area contributed by atoms with Crippen molar-refractivity contribution in [3.05, 3.63) is 0 Å². The fraction of sp³-hybridized carbons (Fsp3) is 1.00. The van der Waals surface area contributed by atoms with Gasteiger partial charge in [-0.1, -0.05) is 78.1 Å². The summed E-state index contributed by atoms with van der Waals surface area (Å²) in [6.45, 7) is 4.33. The molecule has 16 heavy (non-hydrogen) atoms. The summed E-state index contributed by atoms with van der Waals surface area (Å²) in [5.41, 5.74) is 0. The fourth-order valence-electron chi connectivity index (χ4n) is 2.07. The van der Waals surface area contributed by atoms with Crippen molar-refractivity contribution < 1.29 is 5.11 Å². The van der Waals surface area contributed by atoms with Crippen molar-refractivity contribution in [1.29, 1.82) is 0 Å². The van der Waals surface area contributed by atoms with E-state index in [1.807, 2.05) is 0 Å². The van der Waals surface area contributed by atoms with Crippen LogP contribution in [0.4, 0.5) is 0 Å². The Morgan fingerprint density at radius 1 is 0.688 bits per heavy atom. The molecule has 1 unspecified atom stereocenters. The highest BCUT2D eigenvalue weighted by atomic mass is 16.3. The van der Waals surface area contributed by atoms with Crippen LogP contribution in [-0.2, 0) is 0 Å². The van der Waals surface area contributed by atoms with Crippen LogP contribution in [-0.4, -0.2) is 11.2 Å². The highest BCUT2D eigenvalue weighted by Gasteiger charge is 1.99. The van der Waals surface area contributed by atoms with Crippen molar-refractivity contribution in [3.63, 3.8) is 0 Å². The maximum absolute atomic E-state index is 9.38. The van der Waals surface area contributed by atoms with Gasteiger partial charge in [0.1, 0.15) is 0 Å². The summed E-state index contributed by atoms with van der Waals surface area (Å²) in [5.74, 6) is 0. The number of aliphatic hydroxyl groups is 1. The largest absolute Gasteiger partial charge is 0.393 e. The first-order chi connectivity index (χ1) is 7.81. The average molecular weight is 228 g/mol. The Morgan fingerprint density at radius 2 is 1.12 bits per heavy atom. The molecule has 0 amide bonds. The van der Waals surface area contributed by atoms with Crippen molar-refractivity contribution in [1.82, 2.24) is 0 Å². The average Bonchev–Trinajstić information content (AvgIpc) is 2.31. The number of hydrogen-bond donors (Lipinski definition) is 1. The molecule has 0 rings (SSSR count). The van der Waals surface area contributed by atoms with Gasteiger partial charge in [0.05, 0.1) is 6.10 Å². The van der Waals surface area contributed by atoms with E-state index in [4.69, 9.17) is 0 Å². The van der Waals surface area contributed by atoms with Crippen molar-refractivity contribution in [2.75, 3.05) is 0 Å². The zero-order valence-electron chi connectivity index (χ0n) is 11.5. The lowest BCUT2D eigenvalue weighted by molar-refractivity contribution is 0.156. The second-order valence-corrected chi connectivity index (χ2v) is 5.03. The predicted molar refractivity (Wildman–Crippen MR) is 72.8 cm³/mol. The second-order valence-electron chi connectivity index (χ2n) is 5.03. The maximum Gasteiger partial charge on any atom is 0.0537 e. The van der Waals surface area contributed by atoms with Crippen LogP contribution >= 0.6 is 0 Å². The van der Waals surface area contributed by atoms with Crippen LogP contribution in [0.15, 0.2) is 0 Å². The minimum Gasteiger partial charge on any atom is -0.393 e. The van der Waals surface area contributed by atoms with Crippen LogP contribution in [0, 0.1) is 0 Å². The molecular formula is C15H32O. The number of unbranched alkanes of at least 4 members (excludes halogenated alkanes) is 9. The van der Waals surface area contributed by atoms with E-state index >= 15 is 0 Å². The molecule has 0 saturated heterocycles. The van der Waals surface area contributed by atoms with Gasteiger partial charge < -0.3 is 5.11 Å². The third-order valence-electron chi connectivity index (χ3n) is 3.36. The summed E-state index contributed by atoms with van der Waals surface area (Å²) in [4.78, 5) is 0. The Bertz CT molecular complexity index is 123. The molecule has 98 valence electrons. The van der Waals surface area contributed by atoms with Gasteiger partial charge in [-0.3, -0.25) is 0 Å². The summed E-state index contributed by atoms with van der Waals surface area (Å²) in [7, 11) is 0. The van der Waals surface area contributed by atoms with E-state index in [0.717, 1.165) is 12.8 Å². The Hall–Kier alpha value is -0.0400. The standard InChI is InChI=1S/C15H32O/c1-3-5-6-7-8-9-10-11-12-13-14-15(16)4-2/h15-16H,3-14H2,1-2H3. The molecule has 1 nitrogen and oxygen atoms in total. The molecule has 0 aliphatic carbocycles. The zero-order chi connectivity index (χ0) is 12.1. The van der Waals surface area contributed by atoms with Gasteiger partial charge in [-0.2, -0.15) is 0 Å². The van der Waals surface area contributed by atoms with E-state index in [9.17, 15) is 5.11 Å². The van der Waals surface area contributed by atoms with Crippen LogP contribution in [0.1, 0.15) is 90.9 Å². The minimum atomic E-state index is -0.0472. The monoisotopic (exact) mass is 228 g/mol. The second kappa shape index (κ2) is 13.0. The van der Waals surface area contributed by atoms with Gasteiger partial charge in [0, 0.05) is 0 Å². The summed E-state index contributed by atoms with van der Waals surface area (Å²) in [6.07, 6.45) is 15.6. The van der Waals surface area contributed by atoms with Gasteiger partial charge in [0.15, 0.2) is 0 Å². The molecule has 1 heteroatoms. The summed E-state index contributed by atoms with van der Waals surface area (Å²) < 4.78 is 0. The third-order valence-corrected chi connectivity index (χ3v) is 3.36. The quantitative estimate of drug-likeness (QED) is 0.462. The molecule has 0 bridgehead atoms. The third kappa shape index (κ3) is 12.0. The Balaban J connectivity index is 2.93. The number of aliphatic hydroxyl groups excluding tert-OH is 1. The Labute approximate surface area is 103 Å². The molecule has 0 aromatic rings. The normalized spacial score (nSPS) is 12.9. The first-order valence-corrected chi connectivity index (χ1v) is 7.49. The van der Waals surface area contributed by atoms with Gasteiger partial charge in [-0.25, -0.2) is 0 Å². The number of rotatable bonds is 12. The van der Waals surface area contributed by atoms with Crippen LogP contribution < -0.4 is 0 Å². The van der Waals surface area contributed by atoms with E-state index in [2.05, 4.69) is 13.8 Å². The van der Waals surface area contributed by atoms with Crippen molar-refractivity contribution >= 4 is 0 Å². The van der Waals surface area contributed by atoms with E-state index in [1.165, 1.54) is 64.2 Å². The topological polar surface area (TPSA) is 20.2 Å². The first kappa shape index (κ1) is 16.0. The molecule has 0 spiro atoms. The molecule has 1 N–H and O–H groups in total. The van der Waals surface area contributed by atoms with Gasteiger partial charge in [0.25, 0.3) is 0 Å². The molecule has 0 aliphatic rings. The molecular weight excluding hydrogens is 196 g/mol. The van der Waals surface area contributed by atoms with Gasteiger partial charge >= 0.3 is 0 Å². The van der Waals surface area contributed by atoms with Gasteiger partial charge in [-0.15, -0.1) is 0 Å². The van der Waals surface area contributed by atoms with Gasteiger partial charge in [0.2, 0.25) is 0 Å². The molecule has 0 radical (unpaired) electrons. The predicted octanol–water partition coefficient (Wildman–Crippen LogP) is 5.07. The van der Waals surface area contributed by atoms with Gasteiger partial charge in [-0.05, 0) is 12.8 Å². The molecule has 0 heterocycles. The summed E-state index contributed by atoms with van der Waals surface area (Å²) in [6, 6.07) is 0. The molecule has 0 aromatic heterocycles. The molecule has 0 saturated carbocycles. The van der Waals surface area contributed by atoms with E-state index in [1.54, 1.807) is 0 Å². The smallest absolute Gasteiger partial charge is 0.0537 e. The molecule has 0 aromatic carbocycles. The highest BCUT2D eigenvalue weighted by Crippen LogP contribution is 2.12. The van der Waals surface area contributed by atoms with E-state index < -0.39 is 0 Å². The lowest BCUT2D eigenvalue weighted by atomic mass is 10.0. The molecule has 0 aliphatic heterocycles. The zero-order valence-corrected chi connectivity index (χ0v) is 11.5. The lowest BCUT2D eigenvalue weighted by Gasteiger charge is -2.06.